The summed E-state index contributed by atoms with van der Waals surface area (Å²) in [6, 6.07) is -1.06. The Morgan fingerprint density at radius 3 is 2.43 bits per heavy atom. The number of rotatable bonds is 2. The number of imidazole rings is 2. The lowest BCUT2D eigenvalue weighted by atomic mass is 10.1. The third kappa shape index (κ3) is 5.04. The van der Waals surface area contributed by atoms with Gasteiger partial charge in [0.15, 0.2) is 28.9 Å². The van der Waals surface area contributed by atoms with Crippen LogP contribution in [-0.2, 0) is 32.0 Å². The van der Waals surface area contributed by atoms with Crippen LogP contribution in [0.15, 0.2) is 30.1 Å². The lowest BCUT2D eigenvalue weighted by Crippen LogP contribution is -2.36. The van der Waals surface area contributed by atoms with Crippen LogP contribution in [0.5, 0.6) is 0 Å². The largest absolute Gasteiger partial charge is 0.472 e. The van der Waals surface area contributed by atoms with Gasteiger partial charge in [0.05, 0.1) is 38.2 Å². The maximum atomic E-state index is 15.8. The van der Waals surface area contributed by atoms with Crippen LogP contribution in [0, 0.1) is 5.92 Å². The zero-order valence-corrected chi connectivity index (χ0v) is 23.9. The Labute approximate surface area is 244 Å². The number of alkyl halides is 1. The Kier molecular flexibility index (Phi) is 7.16. The van der Waals surface area contributed by atoms with E-state index in [0.29, 0.717) is 0 Å². The quantitative estimate of drug-likeness (QED) is 0.173. The lowest BCUT2D eigenvalue weighted by molar-refractivity contribution is -0.0536. The van der Waals surface area contributed by atoms with E-state index in [4.69, 9.17) is 28.6 Å². The van der Waals surface area contributed by atoms with Crippen molar-refractivity contribution in [3.05, 3.63) is 35.7 Å². The molecule has 4 aromatic rings. The van der Waals surface area contributed by atoms with Crippen molar-refractivity contribution in [1.29, 1.82) is 0 Å². The predicted octanol–water partition coefficient (Wildman–Crippen LogP) is -0.283. The van der Waals surface area contributed by atoms with E-state index in [1.54, 1.807) is 0 Å². The summed E-state index contributed by atoms with van der Waals surface area (Å²) in [7, 11) is -10.1. The number of aliphatic hydroxyl groups excluding tert-OH is 1. The minimum atomic E-state index is -5.08. The number of nitrogen functional groups attached to an aromatic ring is 1. The van der Waals surface area contributed by atoms with Crippen molar-refractivity contribution in [1.82, 2.24) is 39.0 Å². The number of aliphatic hydroxyl groups is 1. The molecule has 6 N–H and O–H groups in total. The summed E-state index contributed by atoms with van der Waals surface area (Å²) in [4.78, 5) is 55.9. The fourth-order valence-corrected chi connectivity index (χ4v) is 7.69. The Hall–Kier alpha value is -3.23. The molecule has 0 radical (unpaired) electrons. The van der Waals surface area contributed by atoms with Crippen LogP contribution in [0.4, 0.5) is 10.2 Å². The third-order valence-corrected chi connectivity index (χ3v) is 9.71. The molecule has 23 heteroatoms. The topological polar surface area (TPSA) is 274 Å². The highest BCUT2D eigenvalue weighted by Gasteiger charge is 2.53. The first-order valence-electron chi connectivity index (χ1n) is 13.0. The Morgan fingerprint density at radius 1 is 0.955 bits per heavy atom. The molecule has 2 saturated heterocycles. The van der Waals surface area contributed by atoms with Gasteiger partial charge < -0.3 is 34.9 Å². The van der Waals surface area contributed by atoms with Crippen LogP contribution in [0.2, 0.25) is 0 Å². The van der Waals surface area contributed by atoms with Crippen LogP contribution in [-0.4, -0.2) is 97.7 Å². The number of hydrogen-bond acceptors (Lipinski definition) is 15. The second-order valence-corrected chi connectivity index (χ2v) is 13.2. The van der Waals surface area contributed by atoms with Gasteiger partial charge in [-0.05, 0) is 6.42 Å². The number of halogens is 1. The molecule has 6 heterocycles. The van der Waals surface area contributed by atoms with E-state index in [1.807, 2.05) is 0 Å². The average Bonchev–Trinajstić information content (AvgIpc) is 3.73. The van der Waals surface area contributed by atoms with Gasteiger partial charge in [0.25, 0.3) is 5.56 Å². The van der Waals surface area contributed by atoms with Gasteiger partial charge in [0.1, 0.15) is 42.4 Å². The lowest BCUT2D eigenvalue weighted by Gasteiger charge is -2.26. The molecule has 2 aliphatic heterocycles. The van der Waals surface area contributed by atoms with E-state index in [-0.39, 0.29) is 34.6 Å². The van der Waals surface area contributed by atoms with Gasteiger partial charge >= 0.3 is 15.6 Å². The molecule has 3 aliphatic rings. The average molecular weight is 659 g/mol. The number of ether oxygens (including phenoxy) is 1. The summed E-state index contributed by atoms with van der Waals surface area (Å²) in [6.07, 6.45) is -5.27. The van der Waals surface area contributed by atoms with Gasteiger partial charge in [-0.15, -0.1) is 0 Å². The highest BCUT2D eigenvalue weighted by atomic mass is 31.2. The van der Waals surface area contributed by atoms with Gasteiger partial charge in [-0.25, -0.2) is 38.4 Å². The van der Waals surface area contributed by atoms with Crippen LogP contribution in [0.3, 0.4) is 0 Å². The maximum absolute atomic E-state index is 15.8. The van der Waals surface area contributed by atoms with Crippen molar-refractivity contribution >= 4 is 43.8 Å². The molecule has 0 aromatic carbocycles. The summed E-state index contributed by atoms with van der Waals surface area (Å²) >= 11 is 0. The van der Waals surface area contributed by atoms with E-state index in [2.05, 4.69) is 29.9 Å². The monoisotopic (exact) mass is 659 g/mol. The van der Waals surface area contributed by atoms with Gasteiger partial charge in [0.2, 0.25) is 0 Å². The molecule has 20 nitrogen and oxygen atoms in total. The number of nitrogens with one attached hydrogen (secondary N) is 1. The fraction of sp³-hybridized carbons (Fsp3) is 0.524. The molecule has 4 aromatic heterocycles. The molecule has 236 valence electrons. The van der Waals surface area contributed by atoms with E-state index in [1.165, 1.54) is 21.8 Å². The normalized spacial score (nSPS) is 38.3. The van der Waals surface area contributed by atoms with E-state index >= 15 is 4.39 Å². The third-order valence-electron chi connectivity index (χ3n) is 7.74. The molecular weight excluding hydrogens is 635 g/mol. The molecule has 1 saturated carbocycles. The summed E-state index contributed by atoms with van der Waals surface area (Å²) in [5.74, 6) is -1.12. The highest BCUT2D eigenvalue weighted by Crippen LogP contribution is 2.55. The first-order valence-corrected chi connectivity index (χ1v) is 16.0. The Morgan fingerprint density at radius 2 is 1.64 bits per heavy atom. The van der Waals surface area contributed by atoms with Crippen LogP contribution in [0.25, 0.3) is 22.3 Å². The standard InChI is InChI=1S/C21H24FN9O11P2/c22-11-8-1-9(30-6-29-13-19(30)26-5-27-20(13)33)15(11)41-44(36,37)39-3-10-16(42-43(34,35)38-2-8)14(32)21(40-10)31-7-28-12-17(23)24-4-25-18(12)31/h4-11,14-16,21,32H,1-3H2,(H,34,35)(H,36,37)(H2,23,24,25)(H,26,27,33)/t8-,9-,10-,11?,14?,15?,16?,21-/m1/s1. The number of aromatic amines is 1. The van der Waals surface area contributed by atoms with E-state index in [9.17, 15) is 28.8 Å². The molecule has 6 unspecified atom stereocenters. The molecule has 1 aliphatic carbocycles. The Balaban J connectivity index is 1.20. The second kappa shape index (κ2) is 10.7. The number of nitrogens with two attached hydrogens (primary N) is 1. The molecule has 0 amide bonds. The number of hydrogen-bond donors (Lipinski definition) is 5. The smallest absolute Gasteiger partial charge is 0.386 e. The molecule has 44 heavy (non-hydrogen) atoms. The SMILES string of the molecule is Nc1ncnc2c1ncn2[C@@H]1O[C@@H]2COP(=O)(O)OC3C(F)[C@@H](COP(=O)(O)OC2C1O)C[C@H]3n1cnc2c(=O)[nH]cnc21. The highest BCUT2D eigenvalue weighted by molar-refractivity contribution is 7.47. The zero-order valence-electron chi connectivity index (χ0n) is 22.1. The molecule has 10 atom stereocenters. The molecule has 2 bridgehead atoms. The van der Waals surface area contributed by atoms with Crippen molar-refractivity contribution in [2.75, 3.05) is 18.9 Å². The first kappa shape index (κ1) is 29.5. The van der Waals surface area contributed by atoms with Crippen LogP contribution < -0.4 is 11.3 Å². The Bertz CT molecular complexity index is 1890. The van der Waals surface area contributed by atoms with Gasteiger partial charge in [-0.1, -0.05) is 0 Å². The first-order chi connectivity index (χ1) is 20.9. The van der Waals surface area contributed by atoms with Gasteiger partial charge in [-0.2, -0.15) is 0 Å². The van der Waals surface area contributed by atoms with Crippen molar-refractivity contribution in [3.63, 3.8) is 0 Å². The molecule has 3 fully saturated rings. The second-order valence-electron chi connectivity index (χ2n) is 10.4. The number of fused-ring (bicyclic) bond motifs is 5. The van der Waals surface area contributed by atoms with Gasteiger partial charge in [0, 0.05) is 5.92 Å². The summed E-state index contributed by atoms with van der Waals surface area (Å²) < 4.78 is 71.3. The molecular formula is C21H24FN9O11P2. The summed E-state index contributed by atoms with van der Waals surface area (Å²) in [5.41, 5.74) is 5.58. The van der Waals surface area contributed by atoms with Crippen molar-refractivity contribution in [3.8, 4) is 0 Å². The van der Waals surface area contributed by atoms with Crippen molar-refractivity contribution < 1.29 is 51.2 Å². The van der Waals surface area contributed by atoms with Crippen molar-refractivity contribution in [2.24, 2.45) is 5.92 Å². The fourth-order valence-electron chi connectivity index (χ4n) is 5.72. The van der Waals surface area contributed by atoms with Crippen LogP contribution in [0.1, 0.15) is 18.7 Å². The number of nitrogens with zero attached hydrogens (tertiary/aromatic N) is 7. The van der Waals surface area contributed by atoms with E-state index in [0.717, 1.165) is 12.7 Å². The van der Waals surface area contributed by atoms with E-state index < -0.39 is 83.2 Å². The number of H-pyrrole nitrogens is 1. The van der Waals surface area contributed by atoms with Crippen molar-refractivity contribution in [2.45, 2.75) is 49.3 Å². The predicted molar refractivity (Wildman–Crippen MR) is 141 cm³/mol. The molecule has 0 spiro atoms. The number of phosphoric ester groups is 2. The number of aromatic nitrogens is 8. The van der Waals surface area contributed by atoms with Gasteiger partial charge in [-0.3, -0.25) is 27.5 Å². The molecule has 7 rings (SSSR count). The number of phosphoric acid groups is 2. The maximum Gasteiger partial charge on any atom is 0.472 e. The minimum Gasteiger partial charge on any atom is -0.386 e. The van der Waals surface area contributed by atoms with Crippen LogP contribution >= 0.6 is 15.6 Å². The summed E-state index contributed by atoms with van der Waals surface area (Å²) in [6.45, 7) is -1.51. The summed E-state index contributed by atoms with van der Waals surface area (Å²) in [5, 5.41) is 11.1. The minimum absolute atomic E-state index is 0.0420. The zero-order chi connectivity index (χ0) is 31.0. The number of anilines is 1.